The molecule has 3 rings (SSSR count). The van der Waals surface area contributed by atoms with Gasteiger partial charge in [-0.2, -0.15) is 0 Å². The molecule has 2 N–H and O–H groups in total. The zero-order valence-electron chi connectivity index (χ0n) is 14.1. The molecule has 1 saturated heterocycles. The Kier molecular flexibility index (Phi) is 3.86. The van der Waals surface area contributed by atoms with Crippen molar-refractivity contribution in [2.24, 2.45) is 0 Å². The summed E-state index contributed by atoms with van der Waals surface area (Å²) < 4.78 is 12.2. The SMILES string of the molecule is CC1(C)OB(c2ccc(C3=CCCCC3)c(N)c2)OC1(C)C. The minimum absolute atomic E-state index is 0.322. The number of hydrogen-bond donors (Lipinski definition) is 1. The van der Waals surface area contributed by atoms with Crippen LogP contribution in [0.5, 0.6) is 0 Å². The molecule has 0 unspecified atom stereocenters. The monoisotopic (exact) mass is 299 g/mol. The van der Waals surface area contributed by atoms with Gasteiger partial charge in [-0.05, 0) is 70.5 Å². The van der Waals surface area contributed by atoms with Crippen molar-refractivity contribution in [2.45, 2.75) is 64.6 Å². The summed E-state index contributed by atoms with van der Waals surface area (Å²) in [5.74, 6) is 0. The van der Waals surface area contributed by atoms with E-state index in [0.717, 1.165) is 24.0 Å². The predicted molar refractivity (Wildman–Crippen MR) is 93.0 cm³/mol. The van der Waals surface area contributed by atoms with Crippen LogP contribution in [-0.2, 0) is 9.31 Å². The third-order valence-electron chi connectivity index (χ3n) is 5.24. The first-order valence-electron chi connectivity index (χ1n) is 8.25. The second kappa shape index (κ2) is 5.43. The Morgan fingerprint density at radius 3 is 2.27 bits per heavy atom. The number of nitrogen functional groups attached to an aromatic ring is 1. The van der Waals surface area contributed by atoms with E-state index in [0.29, 0.717) is 0 Å². The maximum atomic E-state index is 6.30. The van der Waals surface area contributed by atoms with Crippen LogP contribution >= 0.6 is 0 Å². The van der Waals surface area contributed by atoms with E-state index in [-0.39, 0.29) is 18.3 Å². The Bertz CT molecular complexity index is 591. The molecule has 1 aliphatic heterocycles. The fraction of sp³-hybridized carbons (Fsp3) is 0.556. The van der Waals surface area contributed by atoms with Crippen LogP contribution in [0, 0.1) is 0 Å². The maximum absolute atomic E-state index is 6.30. The molecule has 1 aromatic rings. The van der Waals surface area contributed by atoms with Crippen molar-refractivity contribution >= 4 is 23.8 Å². The molecule has 4 heteroatoms. The lowest BCUT2D eigenvalue weighted by Crippen LogP contribution is -2.41. The van der Waals surface area contributed by atoms with Crippen molar-refractivity contribution in [3.63, 3.8) is 0 Å². The standard InChI is InChI=1S/C18H26BNO2/c1-17(2)18(3,4)22-19(21-17)14-10-11-15(16(20)12-14)13-8-6-5-7-9-13/h8,10-12H,5-7,9,20H2,1-4H3. The minimum Gasteiger partial charge on any atom is -0.399 e. The quantitative estimate of drug-likeness (QED) is 0.671. The van der Waals surface area contributed by atoms with Gasteiger partial charge in [0.25, 0.3) is 0 Å². The molecule has 0 saturated carbocycles. The van der Waals surface area contributed by atoms with Gasteiger partial charge in [-0.25, -0.2) is 0 Å². The summed E-state index contributed by atoms with van der Waals surface area (Å²) in [4.78, 5) is 0. The molecule has 0 atom stereocenters. The Balaban J connectivity index is 1.86. The molecule has 1 aromatic carbocycles. The highest BCUT2D eigenvalue weighted by molar-refractivity contribution is 6.62. The smallest absolute Gasteiger partial charge is 0.399 e. The van der Waals surface area contributed by atoms with Gasteiger partial charge in [-0.3, -0.25) is 0 Å². The average molecular weight is 299 g/mol. The first kappa shape index (κ1) is 15.6. The summed E-state index contributed by atoms with van der Waals surface area (Å²) in [6.07, 6.45) is 7.15. The van der Waals surface area contributed by atoms with E-state index in [9.17, 15) is 0 Å². The maximum Gasteiger partial charge on any atom is 0.494 e. The van der Waals surface area contributed by atoms with Gasteiger partial charge in [0.1, 0.15) is 0 Å². The Morgan fingerprint density at radius 1 is 1.05 bits per heavy atom. The topological polar surface area (TPSA) is 44.5 Å². The van der Waals surface area contributed by atoms with E-state index in [2.05, 4.69) is 45.9 Å². The summed E-state index contributed by atoms with van der Waals surface area (Å²) in [6.45, 7) is 8.27. The van der Waals surface area contributed by atoms with Crippen LogP contribution in [0.2, 0.25) is 0 Å². The van der Waals surface area contributed by atoms with Crippen LogP contribution in [-0.4, -0.2) is 18.3 Å². The van der Waals surface area contributed by atoms with Gasteiger partial charge in [0.05, 0.1) is 11.2 Å². The normalized spacial score (nSPS) is 23.5. The van der Waals surface area contributed by atoms with Crippen molar-refractivity contribution in [2.75, 3.05) is 5.73 Å². The first-order chi connectivity index (χ1) is 10.3. The van der Waals surface area contributed by atoms with Crippen molar-refractivity contribution in [3.05, 3.63) is 29.8 Å². The molecule has 1 aliphatic carbocycles. The first-order valence-corrected chi connectivity index (χ1v) is 8.25. The predicted octanol–water partition coefficient (Wildman–Crippen LogP) is 3.53. The third kappa shape index (κ3) is 2.70. The summed E-state index contributed by atoms with van der Waals surface area (Å²) in [5.41, 5.74) is 10.0. The Hall–Kier alpha value is -1.26. The van der Waals surface area contributed by atoms with Crippen LogP contribution in [0.4, 0.5) is 5.69 Å². The highest BCUT2D eigenvalue weighted by atomic mass is 16.7. The number of hydrogen-bond acceptors (Lipinski definition) is 3. The number of benzene rings is 1. The molecule has 2 aliphatic rings. The highest BCUT2D eigenvalue weighted by Gasteiger charge is 2.51. The molecule has 0 radical (unpaired) electrons. The van der Waals surface area contributed by atoms with Gasteiger partial charge in [0.15, 0.2) is 0 Å². The van der Waals surface area contributed by atoms with Crippen LogP contribution in [0.1, 0.15) is 58.9 Å². The lowest BCUT2D eigenvalue weighted by atomic mass is 9.77. The van der Waals surface area contributed by atoms with Gasteiger partial charge in [0.2, 0.25) is 0 Å². The van der Waals surface area contributed by atoms with Gasteiger partial charge in [-0.1, -0.05) is 18.2 Å². The van der Waals surface area contributed by atoms with Gasteiger partial charge < -0.3 is 15.0 Å². The van der Waals surface area contributed by atoms with Crippen molar-refractivity contribution in [1.82, 2.24) is 0 Å². The van der Waals surface area contributed by atoms with E-state index in [1.165, 1.54) is 24.0 Å². The highest BCUT2D eigenvalue weighted by Crippen LogP contribution is 2.37. The number of allylic oxidation sites excluding steroid dienone is 2. The van der Waals surface area contributed by atoms with Crippen molar-refractivity contribution in [1.29, 1.82) is 0 Å². The summed E-state index contributed by atoms with van der Waals surface area (Å²) in [7, 11) is -0.346. The molecule has 0 spiro atoms. The van der Waals surface area contributed by atoms with Crippen molar-refractivity contribution in [3.8, 4) is 0 Å². The molecule has 0 amide bonds. The number of rotatable bonds is 2. The van der Waals surface area contributed by atoms with E-state index in [1.54, 1.807) is 0 Å². The van der Waals surface area contributed by atoms with E-state index >= 15 is 0 Å². The lowest BCUT2D eigenvalue weighted by Gasteiger charge is -2.32. The summed E-state index contributed by atoms with van der Waals surface area (Å²) >= 11 is 0. The number of anilines is 1. The molecule has 0 aromatic heterocycles. The molecule has 0 bridgehead atoms. The zero-order valence-corrected chi connectivity index (χ0v) is 14.1. The largest absolute Gasteiger partial charge is 0.494 e. The Labute approximate surface area is 134 Å². The zero-order chi connectivity index (χ0) is 16.0. The lowest BCUT2D eigenvalue weighted by molar-refractivity contribution is 0.00578. The summed E-state index contributed by atoms with van der Waals surface area (Å²) in [6, 6.07) is 6.21. The van der Waals surface area contributed by atoms with Gasteiger partial charge in [0, 0.05) is 11.3 Å². The van der Waals surface area contributed by atoms with Gasteiger partial charge >= 0.3 is 7.12 Å². The van der Waals surface area contributed by atoms with E-state index in [4.69, 9.17) is 15.0 Å². The van der Waals surface area contributed by atoms with Crippen LogP contribution in [0.15, 0.2) is 24.3 Å². The van der Waals surface area contributed by atoms with E-state index in [1.807, 2.05) is 6.07 Å². The van der Waals surface area contributed by atoms with E-state index < -0.39 is 0 Å². The molecule has 1 fully saturated rings. The molecule has 118 valence electrons. The third-order valence-corrected chi connectivity index (χ3v) is 5.24. The van der Waals surface area contributed by atoms with Crippen LogP contribution < -0.4 is 11.2 Å². The number of nitrogens with two attached hydrogens (primary N) is 1. The molecular formula is C18H26BNO2. The molecule has 1 heterocycles. The van der Waals surface area contributed by atoms with Crippen LogP contribution in [0.3, 0.4) is 0 Å². The molecule has 3 nitrogen and oxygen atoms in total. The van der Waals surface area contributed by atoms with Crippen molar-refractivity contribution < 1.29 is 9.31 Å². The second-order valence-electron chi connectivity index (χ2n) is 7.41. The average Bonchev–Trinajstić information content (AvgIpc) is 2.68. The van der Waals surface area contributed by atoms with Crippen LogP contribution in [0.25, 0.3) is 5.57 Å². The minimum atomic E-state index is -0.346. The van der Waals surface area contributed by atoms with Gasteiger partial charge in [-0.15, -0.1) is 0 Å². The summed E-state index contributed by atoms with van der Waals surface area (Å²) in [5, 5.41) is 0. The molecular weight excluding hydrogens is 273 g/mol. The fourth-order valence-electron chi connectivity index (χ4n) is 3.08. The molecule has 22 heavy (non-hydrogen) atoms. The second-order valence-corrected chi connectivity index (χ2v) is 7.41. The fourth-order valence-corrected chi connectivity index (χ4v) is 3.08. The Morgan fingerprint density at radius 2 is 1.73 bits per heavy atom.